The van der Waals surface area contributed by atoms with E-state index in [4.69, 9.17) is 0 Å². The van der Waals surface area contributed by atoms with Crippen molar-refractivity contribution >= 4 is 38.6 Å². The van der Waals surface area contributed by atoms with Crippen LogP contribution in [0.1, 0.15) is 21.6 Å². The molecule has 2 aromatic rings. The monoisotopic (exact) mass is 366 g/mol. The van der Waals surface area contributed by atoms with Crippen LogP contribution in [0.15, 0.2) is 22.0 Å². The summed E-state index contributed by atoms with van der Waals surface area (Å²) in [6.07, 6.45) is 1.01. The Kier molecular flexibility index (Phi) is 3.75. The summed E-state index contributed by atoms with van der Waals surface area (Å²) in [5.74, 6) is 0. The number of thiophene rings is 1. The van der Waals surface area contributed by atoms with E-state index < -0.39 is 0 Å². The van der Waals surface area contributed by atoms with Crippen molar-refractivity contribution in [3.63, 3.8) is 0 Å². The first kappa shape index (κ1) is 14.5. The number of benzene rings is 1. The standard InChI is InChI=1S/C15H15BrN2O2S/c1-9-5-11(6-10(2)15(9)18(19)20)17-4-3-12-13(16)8-21-14(12)7-17/h5-6,8H,3-4,7H2,1-2H3. The highest BCUT2D eigenvalue weighted by atomic mass is 79.9. The van der Waals surface area contributed by atoms with Crippen LogP contribution in [0.2, 0.25) is 0 Å². The van der Waals surface area contributed by atoms with Crippen molar-refractivity contribution < 1.29 is 4.92 Å². The van der Waals surface area contributed by atoms with Gasteiger partial charge in [-0.15, -0.1) is 11.3 Å². The summed E-state index contributed by atoms with van der Waals surface area (Å²) < 4.78 is 1.21. The predicted molar refractivity (Wildman–Crippen MR) is 89.3 cm³/mol. The van der Waals surface area contributed by atoms with Gasteiger partial charge in [-0.2, -0.15) is 0 Å². The molecule has 110 valence electrons. The van der Waals surface area contributed by atoms with Gasteiger partial charge in [0.1, 0.15) is 0 Å². The van der Waals surface area contributed by atoms with Gasteiger partial charge < -0.3 is 4.90 Å². The Hall–Kier alpha value is -1.40. The summed E-state index contributed by atoms with van der Waals surface area (Å²) in [4.78, 5) is 14.5. The van der Waals surface area contributed by atoms with E-state index in [-0.39, 0.29) is 10.6 Å². The van der Waals surface area contributed by atoms with Gasteiger partial charge >= 0.3 is 0 Å². The molecule has 3 rings (SSSR count). The van der Waals surface area contributed by atoms with E-state index in [1.54, 1.807) is 11.3 Å². The smallest absolute Gasteiger partial charge is 0.275 e. The largest absolute Gasteiger partial charge is 0.366 e. The fourth-order valence-electron chi connectivity index (χ4n) is 2.91. The molecular formula is C15H15BrN2O2S. The van der Waals surface area contributed by atoms with Gasteiger partial charge in [-0.05, 0) is 53.9 Å². The first-order chi connectivity index (χ1) is 9.97. The average Bonchev–Trinajstić information content (AvgIpc) is 2.78. The molecule has 0 fully saturated rings. The second kappa shape index (κ2) is 5.42. The van der Waals surface area contributed by atoms with E-state index in [2.05, 4.69) is 26.2 Å². The van der Waals surface area contributed by atoms with Gasteiger partial charge in [0.15, 0.2) is 0 Å². The van der Waals surface area contributed by atoms with Gasteiger partial charge in [-0.1, -0.05) is 0 Å². The fourth-order valence-corrected chi connectivity index (χ4v) is 4.73. The highest BCUT2D eigenvalue weighted by Crippen LogP contribution is 2.35. The van der Waals surface area contributed by atoms with Crippen molar-refractivity contribution in [2.75, 3.05) is 11.4 Å². The quantitative estimate of drug-likeness (QED) is 0.576. The number of nitro groups is 1. The van der Waals surface area contributed by atoms with Gasteiger partial charge in [-0.3, -0.25) is 10.1 Å². The zero-order chi connectivity index (χ0) is 15.1. The number of nitro benzene ring substituents is 1. The van der Waals surface area contributed by atoms with Crippen LogP contribution >= 0.6 is 27.3 Å². The second-order valence-electron chi connectivity index (χ2n) is 5.34. The third-order valence-electron chi connectivity index (χ3n) is 3.92. The average molecular weight is 367 g/mol. The van der Waals surface area contributed by atoms with E-state index in [1.807, 2.05) is 26.0 Å². The predicted octanol–water partition coefficient (Wildman–Crippen LogP) is 4.60. The van der Waals surface area contributed by atoms with Crippen LogP contribution in [0.25, 0.3) is 0 Å². The normalized spacial score (nSPS) is 14.1. The lowest BCUT2D eigenvalue weighted by Gasteiger charge is -2.29. The topological polar surface area (TPSA) is 46.4 Å². The number of hydrogen-bond acceptors (Lipinski definition) is 4. The highest BCUT2D eigenvalue weighted by Gasteiger charge is 2.23. The molecule has 0 saturated heterocycles. The number of rotatable bonds is 2. The molecule has 1 aliphatic heterocycles. The molecule has 1 aromatic heterocycles. The Morgan fingerprint density at radius 2 is 2.00 bits per heavy atom. The minimum Gasteiger partial charge on any atom is -0.366 e. The summed E-state index contributed by atoms with van der Waals surface area (Å²) in [5.41, 5.74) is 4.18. The lowest BCUT2D eigenvalue weighted by molar-refractivity contribution is -0.386. The Morgan fingerprint density at radius 1 is 1.33 bits per heavy atom. The Morgan fingerprint density at radius 3 is 2.62 bits per heavy atom. The van der Waals surface area contributed by atoms with E-state index >= 15 is 0 Å². The fraction of sp³-hybridized carbons (Fsp3) is 0.333. The highest BCUT2D eigenvalue weighted by molar-refractivity contribution is 9.10. The molecule has 0 amide bonds. The molecule has 2 heterocycles. The van der Waals surface area contributed by atoms with E-state index in [1.165, 1.54) is 14.9 Å². The van der Waals surface area contributed by atoms with Crippen molar-refractivity contribution in [2.24, 2.45) is 0 Å². The number of anilines is 1. The van der Waals surface area contributed by atoms with Gasteiger partial charge in [0.05, 0.1) is 11.5 Å². The molecule has 21 heavy (non-hydrogen) atoms. The molecule has 0 saturated carbocycles. The van der Waals surface area contributed by atoms with Crippen LogP contribution < -0.4 is 4.90 Å². The molecule has 0 atom stereocenters. The number of aryl methyl sites for hydroxylation is 2. The maximum atomic E-state index is 11.1. The minimum absolute atomic E-state index is 0.232. The lowest BCUT2D eigenvalue weighted by atomic mass is 10.0. The molecular weight excluding hydrogens is 352 g/mol. The molecule has 6 heteroatoms. The van der Waals surface area contributed by atoms with Crippen LogP contribution in [0.3, 0.4) is 0 Å². The van der Waals surface area contributed by atoms with E-state index in [0.717, 1.165) is 36.3 Å². The molecule has 0 radical (unpaired) electrons. The van der Waals surface area contributed by atoms with Gasteiger partial charge in [0, 0.05) is 38.1 Å². The second-order valence-corrected chi connectivity index (χ2v) is 7.16. The summed E-state index contributed by atoms with van der Waals surface area (Å²) in [6, 6.07) is 3.86. The summed E-state index contributed by atoms with van der Waals surface area (Å²) in [7, 11) is 0. The molecule has 4 nitrogen and oxygen atoms in total. The summed E-state index contributed by atoms with van der Waals surface area (Å²) >= 11 is 5.36. The number of halogens is 1. The third-order valence-corrected chi connectivity index (χ3v) is 5.94. The van der Waals surface area contributed by atoms with Crippen LogP contribution in [0.5, 0.6) is 0 Å². The lowest BCUT2D eigenvalue weighted by Crippen LogP contribution is -2.29. The molecule has 0 bridgehead atoms. The van der Waals surface area contributed by atoms with Gasteiger partial charge in [0.2, 0.25) is 0 Å². The summed E-state index contributed by atoms with van der Waals surface area (Å²) in [6.45, 7) is 5.44. The van der Waals surface area contributed by atoms with Crippen molar-refractivity contribution in [3.8, 4) is 0 Å². The van der Waals surface area contributed by atoms with Gasteiger partial charge in [-0.25, -0.2) is 0 Å². The Labute approximate surface area is 135 Å². The van der Waals surface area contributed by atoms with Crippen molar-refractivity contribution in [1.29, 1.82) is 0 Å². The Bertz CT molecular complexity index is 703. The first-order valence-electron chi connectivity index (χ1n) is 6.72. The number of fused-ring (bicyclic) bond motifs is 1. The van der Waals surface area contributed by atoms with Crippen molar-refractivity contribution in [3.05, 3.63) is 53.7 Å². The maximum absolute atomic E-state index is 11.1. The maximum Gasteiger partial charge on any atom is 0.275 e. The number of hydrogen-bond donors (Lipinski definition) is 0. The van der Waals surface area contributed by atoms with E-state index in [9.17, 15) is 10.1 Å². The third kappa shape index (κ3) is 2.58. The molecule has 0 N–H and O–H groups in total. The molecule has 0 aliphatic carbocycles. The zero-order valence-electron chi connectivity index (χ0n) is 11.9. The minimum atomic E-state index is -0.293. The van der Waals surface area contributed by atoms with Gasteiger partial charge in [0.25, 0.3) is 5.69 Å². The zero-order valence-corrected chi connectivity index (χ0v) is 14.3. The first-order valence-corrected chi connectivity index (χ1v) is 8.40. The summed E-state index contributed by atoms with van der Waals surface area (Å²) in [5, 5.41) is 13.2. The SMILES string of the molecule is Cc1cc(N2CCc3c(Br)csc3C2)cc(C)c1[N+](=O)[O-]. The molecule has 1 aliphatic rings. The number of nitrogens with zero attached hydrogens (tertiary/aromatic N) is 2. The van der Waals surface area contributed by atoms with Crippen LogP contribution in [-0.2, 0) is 13.0 Å². The molecule has 0 spiro atoms. The Balaban J connectivity index is 1.94. The molecule has 0 unspecified atom stereocenters. The van der Waals surface area contributed by atoms with Crippen LogP contribution in [0, 0.1) is 24.0 Å². The van der Waals surface area contributed by atoms with Crippen molar-refractivity contribution in [1.82, 2.24) is 0 Å². The van der Waals surface area contributed by atoms with Crippen LogP contribution in [0.4, 0.5) is 11.4 Å². The van der Waals surface area contributed by atoms with Crippen molar-refractivity contribution in [2.45, 2.75) is 26.8 Å². The molecule has 1 aromatic carbocycles. The van der Waals surface area contributed by atoms with Crippen LogP contribution in [-0.4, -0.2) is 11.5 Å². The van der Waals surface area contributed by atoms with E-state index in [0.29, 0.717) is 0 Å².